The van der Waals surface area contributed by atoms with Crippen molar-refractivity contribution >= 4 is 5.91 Å². The minimum atomic E-state index is 0.339. The maximum atomic E-state index is 12.1. The molecule has 0 aromatic carbocycles. The molecule has 2 rings (SSSR count). The molecule has 0 aromatic heterocycles. The van der Waals surface area contributed by atoms with Gasteiger partial charge in [-0.05, 0) is 57.8 Å². The summed E-state index contributed by atoms with van der Waals surface area (Å²) in [6.45, 7) is 12.1. The topological polar surface area (TPSA) is 35.6 Å². The van der Waals surface area contributed by atoms with Crippen molar-refractivity contribution < 1.29 is 4.79 Å². The van der Waals surface area contributed by atoms with Crippen LogP contribution in [-0.2, 0) is 4.79 Å². The second-order valence-corrected chi connectivity index (χ2v) is 6.01. The summed E-state index contributed by atoms with van der Waals surface area (Å²) in [7, 11) is 2.02. The van der Waals surface area contributed by atoms with Crippen LogP contribution in [0.4, 0.5) is 0 Å². The molecule has 4 nitrogen and oxygen atoms in total. The number of carbonyl (C=O) groups is 1. The summed E-state index contributed by atoms with van der Waals surface area (Å²) >= 11 is 0. The molecule has 0 spiro atoms. The standard InChI is InChI=1S/C14H27N3O.C2H6/c1-12-3-8-17(10-12)14(18)11-16-6-4-13(5-7-16)9-15-2;1-2/h12-13,15H,3-11H2,1-2H3;1-2H3. The molecule has 4 heteroatoms. The molecule has 0 bridgehead atoms. The van der Waals surface area contributed by atoms with E-state index in [0.717, 1.165) is 38.6 Å². The Morgan fingerprint density at radius 3 is 2.30 bits per heavy atom. The van der Waals surface area contributed by atoms with Gasteiger partial charge in [0.25, 0.3) is 0 Å². The maximum Gasteiger partial charge on any atom is 0.236 e. The van der Waals surface area contributed by atoms with Crippen LogP contribution in [-0.4, -0.2) is 62.0 Å². The summed E-state index contributed by atoms with van der Waals surface area (Å²) in [5.41, 5.74) is 0. The van der Waals surface area contributed by atoms with Crippen LogP contribution in [0.25, 0.3) is 0 Å². The van der Waals surface area contributed by atoms with Crippen molar-refractivity contribution in [3.05, 3.63) is 0 Å². The number of nitrogens with zero attached hydrogens (tertiary/aromatic N) is 2. The molecule has 1 unspecified atom stereocenters. The summed E-state index contributed by atoms with van der Waals surface area (Å²) in [6.07, 6.45) is 3.63. The molecule has 2 aliphatic heterocycles. The van der Waals surface area contributed by atoms with Gasteiger partial charge in [0.05, 0.1) is 6.54 Å². The second kappa shape index (κ2) is 9.35. The molecule has 0 aliphatic carbocycles. The van der Waals surface area contributed by atoms with Gasteiger partial charge in [-0.2, -0.15) is 0 Å². The van der Waals surface area contributed by atoms with E-state index in [4.69, 9.17) is 0 Å². The number of likely N-dealkylation sites (tertiary alicyclic amines) is 2. The third-order valence-electron chi connectivity index (χ3n) is 4.34. The highest BCUT2D eigenvalue weighted by Crippen LogP contribution is 2.18. The first-order valence-electron chi connectivity index (χ1n) is 8.33. The van der Waals surface area contributed by atoms with Crippen molar-refractivity contribution in [1.82, 2.24) is 15.1 Å². The van der Waals surface area contributed by atoms with Crippen molar-refractivity contribution in [3.8, 4) is 0 Å². The lowest BCUT2D eigenvalue weighted by atomic mass is 9.97. The fourth-order valence-corrected chi connectivity index (χ4v) is 3.09. The Balaban J connectivity index is 0.000000956. The number of amides is 1. The summed E-state index contributed by atoms with van der Waals surface area (Å²) in [5.74, 6) is 1.83. The van der Waals surface area contributed by atoms with E-state index in [2.05, 4.69) is 17.1 Å². The first kappa shape index (κ1) is 17.4. The Morgan fingerprint density at radius 2 is 1.80 bits per heavy atom. The van der Waals surface area contributed by atoms with Gasteiger partial charge in [0.1, 0.15) is 0 Å². The predicted octanol–water partition coefficient (Wildman–Crippen LogP) is 1.81. The predicted molar refractivity (Wildman–Crippen MR) is 84.8 cm³/mol. The van der Waals surface area contributed by atoms with Crippen molar-refractivity contribution in [2.45, 2.75) is 40.0 Å². The van der Waals surface area contributed by atoms with E-state index in [9.17, 15) is 4.79 Å². The Morgan fingerprint density at radius 1 is 1.15 bits per heavy atom. The zero-order valence-corrected chi connectivity index (χ0v) is 13.8. The van der Waals surface area contributed by atoms with E-state index >= 15 is 0 Å². The molecule has 1 amide bonds. The van der Waals surface area contributed by atoms with Gasteiger partial charge in [-0.1, -0.05) is 20.8 Å². The van der Waals surface area contributed by atoms with Gasteiger partial charge < -0.3 is 10.2 Å². The number of hydrogen-bond donors (Lipinski definition) is 1. The first-order valence-corrected chi connectivity index (χ1v) is 8.33. The molecule has 0 saturated carbocycles. The van der Waals surface area contributed by atoms with Gasteiger partial charge in [-0.3, -0.25) is 9.69 Å². The van der Waals surface area contributed by atoms with Gasteiger partial charge in [-0.15, -0.1) is 0 Å². The molecular formula is C16H33N3O. The molecule has 2 fully saturated rings. The molecule has 1 atom stereocenters. The summed E-state index contributed by atoms with van der Waals surface area (Å²) in [5, 5.41) is 3.25. The van der Waals surface area contributed by atoms with Crippen molar-refractivity contribution in [2.24, 2.45) is 11.8 Å². The van der Waals surface area contributed by atoms with Gasteiger partial charge >= 0.3 is 0 Å². The average molecular weight is 283 g/mol. The molecule has 2 aliphatic rings. The summed E-state index contributed by atoms with van der Waals surface area (Å²) in [4.78, 5) is 16.5. The van der Waals surface area contributed by atoms with E-state index < -0.39 is 0 Å². The minimum absolute atomic E-state index is 0.339. The monoisotopic (exact) mass is 283 g/mol. The van der Waals surface area contributed by atoms with E-state index in [1.807, 2.05) is 25.8 Å². The minimum Gasteiger partial charge on any atom is -0.341 e. The second-order valence-electron chi connectivity index (χ2n) is 6.01. The largest absolute Gasteiger partial charge is 0.341 e. The van der Waals surface area contributed by atoms with Crippen LogP contribution in [0.1, 0.15) is 40.0 Å². The molecular weight excluding hydrogens is 250 g/mol. The molecule has 0 radical (unpaired) electrons. The third kappa shape index (κ3) is 5.41. The quantitative estimate of drug-likeness (QED) is 0.855. The highest BCUT2D eigenvalue weighted by molar-refractivity contribution is 5.78. The lowest BCUT2D eigenvalue weighted by Crippen LogP contribution is -2.43. The van der Waals surface area contributed by atoms with Crippen LogP contribution in [0.5, 0.6) is 0 Å². The van der Waals surface area contributed by atoms with Crippen molar-refractivity contribution in [3.63, 3.8) is 0 Å². The van der Waals surface area contributed by atoms with Crippen LogP contribution < -0.4 is 5.32 Å². The average Bonchev–Trinajstić information content (AvgIpc) is 2.90. The van der Waals surface area contributed by atoms with E-state index in [0.29, 0.717) is 18.4 Å². The number of hydrogen-bond acceptors (Lipinski definition) is 3. The van der Waals surface area contributed by atoms with Crippen LogP contribution in [0.15, 0.2) is 0 Å². The maximum absolute atomic E-state index is 12.1. The van der Waals surface area contributed by atoms with Gasteiger partial charge in [0, 0.05) is 13.1 Å². The molecule has 0 aromatic rings. The number of carbonyl (C=O) groups excluding carboxylic acids is 1. The Kier molecular flexibility index (Phi) is 8.15. The molecule has 1 N–H and O–H groups in total. The zero-order chi connectivity index (χ0) is 15.0. The Labute approximate surface area is 124 Å². The third-order valence-corrected chi connectivity index (χ3v) is 4.34. The fourth-order valence-electron chi connectivity index (χ4n) is 3.09. The number of piperidine rings is 1. The van der Waals surface area contributed by atoms with E-state index in [-0.39, 0.29) is 0 Å². The first-order chi connectivity index (χ1) is 9.69. The lowest BCUT2D eigenvalue weighted by Gasteiger charge is -2.32. The van der Waals surface area contributed by atoms with Crippen molar-refractivity contribution in [2.75, 3.05) is 46.3 Å². The van der Waals surface area contributed by atoms with E-state index in [1.54, 1.807) is 0 Å². The molecule has 20 heavy (non-hydrogen) atoms. The normalized spacial score (nSPS) is 24.4. The zero-order valence-electron chi connectivity index (χ0n) is 13.8. The number of nitrogens with one attached hydrogen (secondary N) is 1. The summed E-state index contributed by atoms with van der Waals surface area (Å²) < 4.78 is 0. The number of rotatable bonds is 4. The summed E-state index contributed by atoms with van der Waals surface area (Å²) in [6, 6.07) is 0. The Bertz CT molecular complexity index is 275. The van der Waals surface area contributed by atoms with Crippen molar-refractivity contribution in [1.29, 1.82) is 0 Å². The molecule has 2 saturated heterocycles. The van der Waals surface area contributed by atoms with E-state index in [1.165, 1.54) is 19.3 Å². The highest BCUT2D eigenvalue weighted by atomic mass is 16.2. The van der Waals surface area contributed by atoms with Crippen LogP contribution >= 0.6 is 0 Å². The smallest absolute Gasteiger partial charge is 0.236 e. The van der Waals surface area contributed by atoms with Crippen LogP contribution in [0.3, 0.4) is 0 Å². The van der Waals surface area contributed by atoms with Gasteiger partial charge in [0.15, 0.2) is 0 Å². The van der Waals surface area contributed by atoms with Gasteiger partial charge in [-0.25, -0.2) is 0 Å². The fraction of sp³-hybridized carbons (Fsp3) is 0.938. The Hall–Kier alpha value is -0.610. The lowest BCUT2D eigenvalue weighted by molar-refractivity contribution is -0.131. The highest BCUT2D eigenvalue weighted by Gasteiger charge is 2.26. The molecule has 2 heterocycles. The van der Waals surface area contributed by atoms with Crippen LogP contribution in [0.2, 0.25) is 0 Å². The van der Waals surface area contributed by atoms with Crippen LogP contribution in [0, 0.1) is 11.8 Å². The van der Waals surface area contributed by atoms with Gasteiger partial charge in [0.2, 0.25) is 5.91 Å². The SMILES string of the molecule is CC.CNCC1CCN(CC(=O)N2CCC(C)C2)CC1. The molecule has 118 valence electrons.